The number of carbonyl (C=O) groups is 1. The molecule has 0 bridgehead atoms. The summed E-state index contributed by atoms with van der Waals surface area (Å²) in [6, 6.07) is 7.97. The normalized spacial score (nSPS) is 19.8. The lowest BCUT2D eigenvalue weighted by Gasteiger charge is -2.36. The summed E-state index contributed by atoms with van der Waals surface area (Å²) in [7, 11) is 1.66. The van der Waals surface area contributed by atoms with Gasteiger partial charge in [0.2, 0.25) is 5.91 Å². The van der Waals surface area contributed by atoms with E-state index in [-0.39, 0.29) is 11.5 Å². The molecule has 1 unspecified atom stereocenters. The van der Waals surface area contributed by atoms with Gasteiger partial charge in [0.25, 0.3) is 0 Å². The molecule has 1 aliphatic rings. The highest BCUT2D eigenvalue weighted by Gasteiger charge is 2.29. The molecule has 1 aliphatic heterocycles. The van der Waals surface area contributed by atoms with Gasteiger partial charge in [-0.15, -0.1) is 0 Å². The van der Waals surface area contributed by atoms with Gasteiger partial charge in [0.15, 0.2) is 0 Å². The van der Waals surface area contributed by atoms with Crippen LogP contribution in [0.1, 0.15) is 52.0 Å². The van der Waals surface area contributed by atoms with Crippen LogP contribution in [0, 0.1) is 5.92 Å². The quantitative estimate of drug-likeness (QED) is 0.756. The zero-order valence-electron chi connectivity index (χ0n) is 15.5. The maximum atomic E-state index is 12.3. The minimum atomic E-state index is -0.0293. The number of methoxy groups -OCH3 is 1. The summed E-state index contributed by atoms with van der Waals surface area (Å²) in [6.07, 6.45) is 3.77. The number of nitrogens with zero attached hydrogens (tertiary/aromatic N) is 1. The van der Waals surface area contributed by atoms with Crippen LogP contribution in [-0.4, -0.2) is 36.7 Å². The SMILES string of the molecule is CCC(=O)N(CCC1CCOC(C)(C)C1)Cc1ccc(OC)cc1. The maximum Gasteiger partial charge on any atom is 0.222 e. The van der Waals surface area contributed by atoms with Gasteiger partial charge in [-0.3, -0.25) is 4.79 Å². The molecule has 0 radical (unpaired) electrons. The first kappa shape index (κ1) is 18.8. The topological polar surface area (TPSA) is 38.8 Å². The van der Waals surface area contributed by atoms with Gasteiger partial charge in [0.05, 0.1) is 12.7 Å². The summed E-state index contributed by atoms with van der Waals surface area (Å²) in [4.78, 5) is 14.3. The summed E-state index contributed by atoms with van der Waals surface area (Å²) < 4.78 is 11.0. The molecule has 0 aromatic heterocycles. The molecule has 4 heteroatoms. The standard InChI is InChI=1S/C20H31NO3/c1-5-19(22)21(15-17-6-8-18(23-4)9-7-17)12-10-16-11-13-24-20(2,3)14-16/h6-9,16H,5,10-15H2,1-4H3. The molecule has 1 heterocycles. The van der Waals surface area contributed by atoms with Gasteiger partial charge in [0, 0.05) is 26.1 Å². The molecule has 2 rings (SSSR count). The second-order valence-electron chi connectivity index (χ2n) is 7.27. The predicted molar refractivity (Wildman–Crippen MR) is 96.1 cm³/mol. The van der Waals surface area contributed by atoms with Crippen LogP contribution in [0.3, 0.4) is 0 Å². The average Bonchev–Trinajstić information content (AvgIpc) is 2.57. The first-order valence-electron chi connectivity index (χ1n) is 8.98. The summed E-state index contributed by atoms with van der Waals surface area (Å²) in [6.45, 7) is 8.57. The minimum Gasteiger partial charge on any atom is -0.497 e. The lowest BCUT2D eigenvalue weighted by atomic mass is 9.86. The monoisotopic (exact) mass is 333 g/mol. The Bertz CT molecular complexity index is 524. The third kappa shape index (κ3) is 5.52. The highest BCUT2D eigenvalue weighted by Crippen LogP contribution is 2.30. The van der Waals surface area contributed by atoms with Crippen molar-refractivity contribution in [3.05, 3.63) is 29.8 Å². The Hall–Kier alpha value is -1.55. The van der Waals surface area contributed by atoms with E-state index >= 15 is 0 Å². The van der Waals surface area contributed by atoms with Gasteiger partial charge in [-0.2, -0.15) is 0 Å². The van der Waals surface area contributed by atoms with Crippen molar-refractivity contribution in [2.45, 2.75) is 58.6 Å². The van der Waals surface area contributed by atoms with Crippen LogP contribution in [0.25, 0.3) is 0 Å². The zero-order chi connectivity index (χ0) is 17.6. The van der Waals surface area contributed by atoms with Crippen LogP contribution in [0.5, 0.6) is 5.75 Å². The number of hydrogen-bond donors (Lipinski definition) is 0. The average molecular weight is 333 g/mol. The fourth-order valence-electron chi connectivity index (χ4n) is 3.41. The lowest BCUT2D eigenvalue weighted by Crippen LogP contribution is -2.37. The minimum absolute atomic E-state index is 0.0293. The van der Waals surface area contributed by atoms with Crippen LogP contribution in [0.4, 0.5) is 0 Å². The maximum absolute atomic E-state index is 12.3. The van der Waals surface area contributed by atoms with E-state index < -0.39 is 0 Å². The molecular weight excluding hydrogens is 302 g/mol. The molecule has 0 aliphatic carbocycles. The van der Waals surface area contributed by atoms with Gasteiger partial charge in [-0.25, -0.2) is 0 Å². The van der Waals surface area contributed by atoms with Gasteiger partial charge < -0.3 is 14.4 Å². The third-order valence-electron chi connectivity index (χ3n) is 4.79. The Kier molecular flexibility index (Phi) is 6.67. The molecule has 24 heavy (non-hydrogen) atoms. The molecule has 1 fully saturated rings. The van der Waals surface area contributed by atoms with Crippen molar-refractivity contribution in [3.63, 3.8) is 0 Å². The van der Waals surface area contributed by atoms with Crippen LogP contribution < -0.4 is 4.74 Å². The van der Waals surface area contributed by atoms with Gasteiger partial charge >= 0.3 is 0 Å². The molecule has 1 aromatic carbocycles. The van der Waals surface area contributed by atoms with E-state index in [9.17, 15) is 4.79 Å². The van der Waals surface area contributed by atoms with E-state index in [2.05, 4.69) is 13.8 Å². The molecule has 134 valence electrons. The number of benzene rings is 1. The summed E-state index contributed by atoms with van der Waals surface area (Å²) in [5.74, 6) is 1.70. The van der Waals surface area contributed by atoms with Gasteiger partial charge in [-0.05, 0) is 56.7 Å². The molecule has 1 atom stereocenters. The Morgan fingerprint density at radius 3 is 2.62 bits per heavy atom. The number of rotatable bonds is 7. The van der Waals surface area contributed by atoms with Gasteiger partial charge in [0.1, 0.15) is 5.75 Å². The molecule has 1 amide bonds. The fraction of sp³-hybridized carbons (Fsp3) is 0.650. The number of amides is 1. The second-order valence-corrected chi connectivity index (χ2v) is 7.27. The highest BCUT2D eigenvalue weighted by atomic mass is 16.5. The van der Waals surface area contributed by atoms with E-state index in [0.29, 0.717) is 18.9 Å². The smallest absolute Gasteiger partial charge is 0.222 e. The Morgan fingerprint density at radius 1 is 1.33 bits per heavy atom. The lowest BCUT2D eigenvalue weighted by molar-refractivity contribution is -0.132. The first-order chi connectivity index (χ1) is 11.4. The third-order valence-corrected chi connectivity index (χ3v) is 4.79. The summed E-state index contributed by atoms with van der Waals surface area (Å²) in [5.41, 5.74) is 1.11. The summed E-state index contributed by atoms with van der Waals surface area (Å²) >= 11 is 0. The number of hydrogen-bond acceptors (Lipinski definition) is 3. The van der Waals surface area contributed by atoms with Crippen molar-refractivity contribution in [1.82, 2.24) is 4.90 Å². The predicted octanol–water partition coefficient (Wildman–Crippen LogP) is 4.03. The van der Waals surface area contributed by atoms with Crippen molar-refractivity contribution < 1.29 is 14.3 Å². The molecular formula is C20H31NO3. The van der Waals surface area contributed by atoms with E-state index in [1.54, 1.807) is 7.11 Å². The molecule has 4 nitrogen and oxygen atoms in total. The molecule has 0 saturated carbocycles. The largest absolute Gasteiger partial charge is 0.497 e. The molecule has 1 saturated heterocycles. The highest BCUT2D eigenvalue weighted by molar-refractivity contribution is 5.75. The number of carbonyl (C=O) groups excluding carboxylic acids is 1. The van der Waals surface area contributed by atoms with Crippen LogP contribution in [-0.2, 0) is 16.1 Å². The van der Waals surface area contributed by atoms with Crippen molar-refractivity contribution in [2.75, 3.05) is 20.3 Å². The van der Waals surface area contributed by atoms with E-state index in [1.165, 1.54) is 0 Å². The summed E-state index contributed by atoms with van der Waals surface area (Å²) in [5, 5.41) is 0. The molecule has 0 spiro atoms. The number of ether oxygens (including phenoxy) is 2. The van der Waals surface area contributed by atoms with Crippen molar-refractivity contribution >= 4 is 5.91 Å². The van der Waals surface area contributed by atoms with Crippen LogP contribution in [0.15, 0.2) is 24.3 Å². The van der Waals surface area contributed by atoms with Crippen LogP contribution in [0.2, 0.25) is 0 Å². The van der Waals surface area contributed by atoms with Crippen LogP contribution >= 0.6 is 0 Å². The molecule has 1 aromatic rings. The Labute approximate surface area is 146 Å². The van der Waals surface area contributed by atoms with E-state index in [0.717, 1.165) is 43.7 Å². The first-order valence-corrected chi connectivity index (χ1v) is 8.98. The van der Waals surface area contributed by atoms with Gasteiger partial charge in [-0.1, -0.05) is 19.1 Å². The van der Waals surface area contributed by atoms with Crippen molar-refractivity contribution in [3.8, 4) is 5.75 Å². The van der Waals surface area contributed by atoms with E-state index in [1.807, 2.05) is 36.1 Å². The second kappa shape index (κ2) is 8.52. The Balaban J connectivity index is 1.93. The van der Waals surface area contributed by atoms with E-state index in [4.69, 9.17) is 9.47 Å². The fourth-order valence-corrected chi connectivity index (χ4v) is 3.41. The zero-order valence-corrected chi connectivity index (χ0v) is 15.5. The van der Waals surface area contributed by atoms with Crippen molar-refractivity contribution in [1.29, 1.82) is 0 Å². The van der Waals surface area contributed by atoms with Crippen molar-refractivity contribution in [2.24, 2.45) is 5.92 Å². The Morgan fingerprint density at radius 2 is 2.04 bits per heavy atom. The molecule has 0 N–H and O–H groups in total.